The molecule has 1 aromatic rings. The molecule has 0 radical (unpaired) electrons. The Morgan fingerprint density at radius 1 is 1.18 bits per heavy atom. The zero-order valence-corrected chi connectivity index (χ0v) is 14.0. The summed E-state index contributed by atoms with van der Waals surface area (Å²) in [6.07, 6.45) is 3.78. The molecule has 22 heavy (non-hydrogen) atoms. The van der Waals surface area contributed by atoms with Gasteiger partial charge in [0, 0.05) is 12.2 Å². The fourth-order valence-electron chi connectivity index (χ4n) is 1.55. The number of hydrogen-bond donors (Lipinski definition) is 0. The van der Waals surface area contributed by atoms with Crippen molar-refractivity contribution in [3.05, 3.63) is 40.4 Å². The first-order chi connectivity index (χ1) is 10.4. The van der Waals surface area contributed by atoms with Crippen molar-refractivity contribution in [2.24, 2.45) is 5.92 Å². The quantitative estimate of drug-likeness (QED) is 0.317. The van der Waals surface area contributed by atoms with Crippen LogP contribution in [0.15, 0.2) is 30.4 Å². The van der Waals surface area contributed by atoms with E-state index >= 15 is 0 Å². The molecule has 6 heteroatoms. The van der Waals surface area contributed by atoms with Crippen molar-refractivity contribution in [2.75, 3.05) is 6.61 Å². The van der Waals surface area contributed by atoms with Crippen LogP contribution in [0.1, 0.15) is 26.7 Å². The lowest BCUT2D eigenvalue weighted by atomic mass is 10.1. The van der Waals surface area contributed by atoms with E-state index in [9.17, 15) is 9.59 Å². The topological polar surface area (TPSA) is 52.6 Å². The molecule has 0 heterocycles. The molecule has 0 atom stereocenters. The van der Waals surface area contributed by atoms with E-state index in [-0.39, 0.29) is 15.8 Å². The Morgan fingerprint density at radius 2 is 1.86 bits per heavy atom. The zero-order chi connectivity index (χ0) is 16.5. The first kappa shape index (κ1) is 18.5. The fourth-order valence-corrected chi connectivity index (χ4v) is 1.88. The highest BCUT2D eigenvalue weighted by Gasteiger charge is 2.09. The minimum Gasteiger partial charge on any atom is -0.463 e. The summed E-state index contributed by atoms with van der Waals surface area (Å²) in [5.74, 6) is -0.623. The number of carbonyl (C=O) groups excluding carboxylic acids is 2. The van der Waals surface area contributed by atoms with Crippen LogP contribution in [-0.4, -0.2) is 18.5 Å². The van der Waals surface area contributed by atoms with Gasteiger partial charge in [-0.3, -0.25) is 0 Å². The molecule has 0 unspecified atom stereocenters. The summed E-state index contributed by atoms with van der Waals surface area (Å²) in [6.45, 7) is 4.52. The molecule has 0 saturated carbocycles. The van der Waals surface area contributed by atoms with E-state index in [4.69, 9.17) is 32.7 Å². The molecule has 1 aromatic carbocycles. The maximum Gasteiger partial charge on any atom is 0.336 e. The minimum atomic E-state index is -0.733. The Balaban J connectivity index is 2.40. The predicted molar refractivity (Wildman–Crippen MR) is 86.3 cm³/mol. The van der Waals surface area contributed by atoms with Crippen molar-refractivity contribution in [3.63, 3.8) is 0 Å². The van der Waals surface area contributed by atoms with Crippen molar-refractivity contribution in [1.29, 1.82) is 0 Å². The minimum absolute atomic E-state index is 0.133. The molecule has 0 spiro atoms. The number of rotatable bonds is 7. The second-order valence-electron chi connectivity index (χ2n) is 5.01. The van der Waals surface area contributed by atoms with Gasteiger partial charge in [0.25, 0.3) is 0 Å². The molecular weight excluding hydrogens is 327 g/mol. The van der Waals surface area contributed by atoms with Gasteiger partial charge in [-0.25, -0.2) is 9.59 Å². The van der Waals surface area contributed by atoms with Gasteiger partial charge in [-0.15, -0.1) is 0 Å². The van der Waals surface area contributed by atoms with E-state index in [2.05, 4.69) is 13.8 Å². The summed E-state index contributed by atoms with van der Waals surface area (Å²) in [5.41, 5.74) is 0. The third-order valence-electron chi connectivity index (χ3n) is 2.65. The molecule has 0 amide bonds. The van der Waals surface area contributed by atoms with E-state index in [1.54, 1.807) is 12.1 Å². The smallest absolute Gasteiger partial charge is 0.336 e. The summed E-state index contributed by atoms with van der Waals surface area (Å²) in [7, 11) is 0. The molecule has 0 bridgehead atoms. The summed E-state index contributed by atoms with van der Waals surface area (Å²) >= 11 is 11.7. The average Bonchev–Trinajstić information content (AvgIpc) is 2.46. The van der Waals surface area contributed by atoms with Gasteiger partial charge < -0.3 is 9.47 Å². The standard InChI is InChI=1S/C16H18Cl2O4/c1-11(2)5-4-10-21-14(19)8-9-15(20)22-13-7-3-6-12(17)16(13)18/h3,6-9,11H,4-5,10H2,1-2H3/b9-8+. The molecule has 0 aliphatic carbocycles. The summed E-state index contributed by atoms with van der Waals surface area (Å²) in [4.78, 5) is 23.0. The predicted octanol–water partition coefficient (Wildman–Crippen LogP) is 4.43. The molecule has 0 aliphatic rings. The molecular formula is C16H18Cl2O4. The molecule has 0 aromatic heterocycles. The number of carbonyl (C=O) groups is 2. The van der Waals surface area contributed by atoms with E-state index < -0.39 is 11.9 Å². The third kappa shape index (κ3) is 6.96. The molecule has 4 nitrogen and oxygen atoms in total. The van der Waals surface area contributed by atoms with Crippen molar-refractivity contribution < 1.29 is 19.1 Å². The van der Waals surface area contributed by atoms with E-state index in [0.29, 0.717) is 12.5 Å². The second kappa shape index (κ2) is 9.49. The normalized spacial score (nSPS) is 11.0. The average molecular weight is 345 g/mol. The van der Waals surface area contributed by atoms with E-state index in [1.165, 1.54) is 6.07 Å². The molecule has 0 aliphatic heterocycles. The highest BCUT2D eigenvalue weighted by atomic mass is 35.5. The maximum atomic E-state index is 11.6. The Morgan fingerprint density at radius 3 is 2.55 bits per heavy atom. The Bertz CT molecular complexity index is 553. The van der Waals surface area contributed by atoms with Gasteiger partial charge in [-0.1, -0.05) is 43.1 Å². The summed E-state index contributed by atoms with van der Waals surface area (Å²) in [5, 5.41) is 0.419. The van der Waals surface area contributed by atoms with Gasteiger partial charge in [-0.05, 0) is 30.9 Å². The number of halogens is 2. The first-order valence-electron chi connectivity index (χ1n) is 6.90. The first-order valence-corrected chi connectivity index (χ1v) is 7.66. The van der Waals surface area contributed by atoms with Crippen LogP contribution in [0.5, 0.6) is 5.75 Å². The van der Waals surface area contributed by atoms with Gasteiger partial charge in [0.2, 0.25) is 0 Å². The Hall–Kier alpha value is -1.52. The molecule has 0 N–H and O–H groups in total. The SMILES string of the molecule is CC(C)CCCOC(=O)/C=C/C(=O)Oc1cccc(Cl)c1Cl. The van der Waals surface area contributed by atoms with E-state index in [1.807, 2.05) is 0 Å². The number of hydrogen-bond acceptors (Lipinski definition) is 4. The number of esters is 2. The van der Waals surface area contributed by atoms with Crippen molar-refractivity contribution in [3.8, 4) is 5.75 Å². The Labute approximate surface area is 140 Å². The van der Waals surface area contributed by atoms with Crippen LogP contribution in [0, 0.1) is 5.92 Å². The van der Waals surface area contributed by atoms with Gasteiger partial charge >= 0.3 is 11.9 Å². The monoisotopic (exact) mass is 344 g/mol. The van der Waals surface area contributed by atoms with Crippen molar-refractivity contribution in [1.82, 2.24) is 0 Å². The largest absolute Gasteiger partial charge is 0.463 e. The molecule has 0 fully saturated rings. The second-order valence-corrected chi connectivity index (χ2v) is 5.80. The Kier molecular flexibility index (Phi) is 7.99. The lowest BCUT2D eigenvalue weighted by molar-refractivity contribution is -0.138. The van der Waals surface area contributed by atoms with Crippen LogP contribution in [0.3, 0.4) is 0 Å². The highest BCUT2D eigenvalue weighted by Crippen LogP contribution is 2.31. The lowest BCUT2D eigenvalue weighted by Crippen LogP contribution is -2.07. The molecule has 1 rings (SSSR count). The van der Waals surface area contributed by atoms with Crippen LogP contribution in [0.2, 0.25) is 10.0 Å². The third-order valence-corrected chi connectivity index (χ3v) is 3.45. The van der Waals surface area contributed by atoms with Gasteiger partial charge in [0.15, 0.2) is 5.75 Å². The highest BCUT2D eigenvalue weighted by molar-refractivity contribution is 6.43. The van der Waals surface area contributed by atoms with Gasteiger partial charge in [0.05, 0.1) is 11.6 Å². The van der Waals surface area contributed by atoms with Crippen molar-refractivity contribution >= 4 is 35.1 Å². The van der Waals surface area contributed by atoms with Crippen LogP contribution in [-0.2, 0) is 14.3 Å². The summed E-state index contributed by atoms with van der Waals surface area (Å²) < 4.78 is 9.94. The molecule has 120 valence electrons. The molecule has 0 saturated heterocycles. The van der Waals surface area contributed by atoms with E-state index in [0.717, 1.165) is 25.0 Å². The van der Waals surface area contributed by atoms with Crippen LogP contribution >= 0.6 is 23.2 Å². The number of ether oxygens (including phenoxy) is 2. The zero-order valence-electron chi connectivity index (χ0n) is 12.5. The van der Waals surface area contributed by atoms with Gasteiger partial charge in [0.1, 0.15) is 5.02 Å². The van der Waals surface area contributed by atoms with Crippen molar-refractivity contribution in [2.45, 2.75) is 26.7 Å². The van der Waals surface area contributed by atoms with Crippen LogP contribution in [0.4, 0.5) is 0 Å². The van der Waals surface area contributed by atoms with Crippen LogP contribution in [0.25, 0.3) is 0 Å². The lowest BCUT2D eigenvalue weighted by Gasteiger charge is -2.05. The maximum absolute atomic E-state index is 11.6. The van der Waals surface area contributed by atoms with Crippen LogP contribution < -0.4 is 4.74 Å². The number of benzene rings is 1. The van der Waals surface area contributed by atoms with Gasteiger partial charge in [-0.2, -0.15) is 0 Å². The summed E-state index contributed by atoms with van der Waals surface area (Å²) in [6, 6.07) is 4.68. The fraction of sp³-hybridized carbons (Fsp3) is 0.375.